The zero-order valence-corrected chi connectivity index (χ0v) is 12.8. The SMILES string of the molecule is O=C1CC(NC(=O)C2CNCC3CCCCCCN32)C(O)O1. The quantitative estimate of drug-likeness (QED) is 0.587. The zero-order valence-electron chi connectivity index (χ0n) is 12.8. The molecule has 0 aromatic rings. The fraction of sp³-hybridized carbons (Fsp3) is 0.867. The predicted molar refractivity (Wildman–Crippen MR) is 78.9 cm³/mol. The van der Waals surface area contributed by atoms with Gasteiger partial charge in [0.15, 0.2) is 0 Å². The van der Waals surface area contributed by atoms with E-state index in [1.807, 2.05) is 0 Å². The Morgan fingerprint density at radius 2 is 2.09 bits per heavy atom. The van der Waals surface area contributed by atoms with Gasteiger partial charge in [0, 0.05) is 19.1 Å². The molecule has 0 spiro atoms. The topological polar surface area (TPSA) is 90.9 Å². The van der Waals surface area contributed by atoms with Crippen molar-refractivity contribution >= 4 is 11.9 Å². The summed E-state index contributed by atoms with van der Waals surface area (Å²) in [6.45, 7) is 2.48. The van der Waals surface area contributed by atoms with Gasteiger partial charge >= 0.3 is 5.97 Å². The highest BCUT2D eigenvalue weighted by atomic mass is 16.6. The van der Waals surface area contributed by atoms with Crippen molar-refractivity contribution in [2.24, 2.45) is 0 Å². The van der Waals surface area contributed by atoms with E-state index in [0.717, 1.165) is 25.9 Å². The fourth-order valence-corrected chi connectivity index (χ4v) is 3.70. The van der Waals surface area contributed by atoms with Crippen LogP contribution in [0.1, 0.15) is 38.5 Å². The molecule has 3 fully saturated rings. The standard InChI is InChI=1S/C15H25N3O4/c19-13-7-11(15(21)22-13)17-14(20)12-9-16-8-10-5-3-1-2-4-6-18(10)12/h10-12,15-16,21H,1-9H2,(H,17,20). The van der Waals surface area contributed by atoms with Crippen LogP contribution in [-0.4, -0.2) is 65.9 Å². The second kappa shape index (κ2) is 6.93. The predicted octanol–water partition coefficient (Wildman–Crippen LogP) is -0.657. The zero-order chi connectivity index (χ0) is 15.5. The molecule has 4 atom stereocenters. The van der Waals surface area contributed by atoms with Gasteiger partial charge in [-0.25, -0.2) is 0 Å². The molecule has 3 rings (SSSR count). The van der Waals surface area contributed by atoms with E-state index in [4.69, 9.17) is 0 Å². The van der Waals surface area contributed by atoms with Gasteiger partial charge in [0.25, 0.3) is 0 Å². The van der Waals surface area contributed by atoms with Gasteiger partial charge in [0.1, 0.15) is 12.1 Å². The molecular formula is C15H25N3O4. The molecule has 7 nitrogen and oxygen atoms in total. The number of amides is 1. The van der Waals surface area contributed by atoms with Crippen molar-refractivity contribution in [3.05, 3.63) is 0 Å². The van der Waals surface area contributed by atoms with Crippen LogP contribution in [0.5, 0.6) is 0 Å². The molecule has 3 aliphatic heterocycles. The molecule has 0 saturated carbocycles. The third-order valence-corrected chi connectivity index (χ3v) is 4.90. The Morgan fingerprint density at radius 3 is 2.86 bits per heavy atom. The molecule has 22 heavy (non-hydrogen) atoms. The first-order chi connectivity index (χ1) is 10.6. The highest BCUT2D eigenvalue weighted by Gasteiger charge is 2.39. The molecule has 0 bridgehead atoms. The van der Waals surface area contributed by atoms with E-state index >= 15 is 0 Å². The summed E-state index contributed by atoms with van der Waals surface area (Å²) in [7, 11) is 0. The van der Waals surface area contributed by atoms with Crippen LogP contribution in [-0.2, 0) is 14.3 Å². The Labute approximate surface area is 130 Å². The maximum absolute atomic E-state index is 12.6. The van der Waals surface area contributed by atoms with Crippen LogP contribution >= 0.6 is 0 Å². The number of hydrogen-bond donors (Lipinski definition) is 3. The van der Waals surface area contributed by atoms with E-state index in [0.29, 0.717) is 12.6 Å². The van der Waals surface area contributed by atoms with Crippen molar-refractivity contribution in [3.63, 3.8) is 0 Å². The molecule has 4 unspecified atom stereocenters. The van der Waals surface area contributed by atoms with Crippen LogP contribution in [0, 0.1) is 0 Å². The first-order valence-corrected chi connectivity index (χ1v) is 8.29. The van der Waals surface area contributed by atoms with Gasteiger partial charge in [-0.15, -0.1) is 0 Å². The van der Waals surface area contributed by atoms with Crippen LogP contribution in [0.2, 0.25) is 0 Å². The minimum atomic E-state index is -1.23. The average Bonchev–Trinajstić information content (AvgIpc) is 2.77. The molecule has 0 aliphatic carbocycles. The minimum absolute atomic E-state index is 0.0382. The number of piperazine rings is 1. The summed E-state index contributed by atoms with van der Waals surface area (Å²) < 4.78 is 4.68. The van der Waals surface area contributed by atoms with Crippen molar-refractivity contribution in [2.75, 3.05) is 19.6 Å². The Kier molecular flexibility index (Phi) is 4.95. The molecule has 3 aliphatic rings. The highest BCUT2D eigenvalue weighted by molar-refractivity contribution is 5.84. The first kappa shape index (κ1) is 15.7. The van der Waals surface area contributed by atoms with E-state index in [9.17, 15) is 14.7 Å². The number of fused-ring (bicyclic) bond motifs is 1. The van der Waals surface area contributed by atoms with E-state index in [2.05, 4.69) is 20.3 Å². The highest BCUT2D eigenvalue weighted by Crippen LogP contribution is 2.21. The van der Waals surface area contributed by atoms with Crippen LogP contribution < -0.4 is 10.6 Å². The third kappa shape index (κ3) is 3.42. The summed E-state index contributed by atoms with van der Waals surface area (Å²) in [5.41, 5.74) is 0. The maximum Gasteiger partial charge on any atom is 0.310 e. The van der Waals surface area contributed by atoms with Gasteiger partial charge in [0.05, 0.1) is 6.42 Å². The second-order valence-corrected chi connectivity index (χ2v) is 6.47. The Balaban J connectivity index is 1.63. The molecule has 0 radical (unpaired) electrons. The number of carbonyl (C=O) groups excluding carboxylic acids is 2. The lowest BCUT2D eigenvalue weighted by Gasteiger charge is -2.43. The lowest BCUT2D eigenvalue weighted by molar-refractivity contribution is -0.155. The minimum Gasteiger partial charge on any atom is -0.434 e. The summed E-state index contributed by atoms with van der Waals surface area (Å²) in [6.07, 6.45) is 4.75. The number of ether oxygens (including phenoxy) is 1. The number of esters is 1. The second-order valence-electron chi connectivity index (χ2n) is 6.47. The van der Waals surface area contributed by atoms with Crippen molar-refractivity contribution in [1.82, 2.24) is 15.5 Å². The van der Waals surface area contributed by atoms with Gasteiger partial charge in [-0.05, 0) is 19.4 Å². The molecule has 0 aromatic heterocycles. The third-order valence-electron chi connectivity index (χ3n) is 4.90. The van der Waals surface area contributed by atoms with Gasteiger partial charge in [0.2, 0.25) is 12.2 Å². The van der Waals surface area contributed by atoms with Crippen LogP contribution in [0.4, 0.5) is 0 Å². The smallest absolute Gasteiger partial charge is 0.310 e. The van der Waals surface area contributed by atoms with Crippen molar-refractivity contribution in [2.45, 2.75) is 62.9 Å². The molecular weight excluding hydrogens is 286 g/mol. The maximum atomic E-state index is 12.6. The molecule has 0 aromatic carbocycles. The summed E-state index contributed by atoms with van der Waals surface area (Å²) in [6, 6.07) is -0.467. The summed E-state index contributed by atoms with van der Waals surface area (Å²) in [5, 5.41) is 15.8. The van der Waals surface area contributed by atoms with Gasteiger partial charge in [-0.1, -0.05) is 19.3 Å². The van der Waals surface area contributed by atoms with E-state index < -0.39 is 18.3 Å². The molecule has 3 N–H and O–H groups in total. The Bertz CT molecular complexity index is 431. The van der Waals surface area contributed by atoms with Crippen LogP contribution in [0.25, 0.3) is 0 Å². The monoisotopic (exact) mass is 311 g/mol. The summed E-state index contributed by atoms with van der Waals surface area (Å²) >= 11 is 0. The lowest BCUT2D eigenvalue weighted by Crippen LogP contribution is -2.63. The van der Waals surface area contributed by atoms with Crippen molar-refractivity contribution in [3.8, 4) is 0 Å². The van der Waals surface area contributed by atoms with E-state index in [-0.39, 0.29) is 18.4 Å². The molecule has 124 valence electrons. The number of cyclic esters (lactones) is 1. The fourth-order valence-electron chi connectivity index (χ4n) is 3.70. The number of rotatable bonds is 2. The van der Waals surface area contributed by atoms with Crippen LogP contribution in [0.3, 0.4) is 0 Å². The van der Waals surface area contributed by atoms with Gasteiger partial charge in [-0.3, -0.25) is 14.5 Å². The summed E-state index contributed by atoms with van der Waals surface area (Å²) in [4.78, 5) is 26.1. The first-order valence-electron chi connectivity index (χ1n) is 8.29. The molecule has 3 heterocycles. The largest absolute Gasteiger partial charge is 0.434 e. The van der Waals surface area contributed by atoms with Gasteiger partial charge < -0.3 is 20.5 Å². The number of aliphatic hydroxyl groups excluding tert-OH is 1. The number of aliphatic hydroxyl groups is 1. The number of carbonyl (C=O) groups is 2. The van der Waals surface area contributed by atoms with E-state index in [1.54, 1.807) is 0 Å². The average molecular weight is 311 g/mol. The van der Waals surface area contributed by atoms with Crippen molar-refractivity contribution in [1.29, 1.82) is 0 Å². The Hall–Kier alpha value is -1.18. The van der Waals surface area contributed by atoms with Crippen LogP contribution in [0.15, 0.2) is 0 Å². The number of nitrogens with zero attached hydrogens (tertiary/aromatic N) is 1. The molecule has 7 heteroatoms. The Morgan fingerprint density at radius 1 is 1.27 bits per heavy atom. The lowest BCUT2D eigenvalue weighted by atomic mass is 9.97. The normalized spacial score (nSPS) is 36.9. The number of hydrogen-bond acceptors (Lipinski definition) is 6. The molecule has 3 saturated heterocycles. The van der Waals surface area contributed by atoms with Crippen molar-refractivity contribution < 1.29 is 19.4 Å². The number of nitrogens with one attached hydrogen (secondary N) is 2. The summed E-state index contributed by atoms with van der Waals surface area (Å²) in [5.74, 6) is -0.594. The van der Waals surface area contributed by atoms with Gasteiger partial charge in [-0.2, -0.15) is 0 Å². The molecule has 1 amide bonds. The van der Waals surface area contributed by atoms with E-state index in [1.165, 1.54) is 19.3 Å².